The van der Waals surface area contributed by atoms with Gasteiger partial charge in [0.25, 0.3) is 0 Å². The Balaban J connectivity index is 1.43. The molecule has 1 aromatic heterocycles. The van der Waals surface area contributed by atoms with Gasteiger partial charge in [-0.05, 0) is 115 Å². The number of hydrogen-bond acceptors (Lipinski definition) is 3. The lowest BCUT2D eigenvalue weighted by molar-refractivity contribution is 0.00854. The fourth-order valence-electron chi connectivity index (χ4n) is 9.93. The molecular formula is C32H50N2O2. The Morgan fingerprint density at radius 2 is 2.03 bits per heavy atom. The van der Waals surface area contributed by atoms with Gasteiger partial charge in [-0.25, -0.2) is 0 Å². The summed E-state index contributed by atoms with van der Waals surface area (Å²) in [7, 11) is 1.93. The van der Waals surface area contributed by atoms with Gasteiger partial charge in [0.05, 0.1) is 6.10 Å². The van der Waals surface area contributed by atoms with E-state index in [1.165, 1.54) is 36.8 Å². The van der Waals surface area contributed by atoms with Crippen molar-refractivity contribution in [2.45, 2.75) is 78.7 Å². The van der Waals surface area contributed by atoms with Gasteiger partial charge in [0.1, 0.15) is 0 Å². The van der Waals surface area contributed by atoms with Crippen molar-refractivity contribution >= 4 is 0 Å². The number of aromatic nitrogens is 1. The second-order valence-electron chi connectivity index (χ2n) is 13.9. The van der Waals surface area contributed by atoms with Crippen molar-refractivity contribution < 1.29 is 10.2 Å². The number of aliphatic hydroxyl groups is 2. The van der Waals surface area contributed by atoms with Crippen molar-refractivity contribution in [2.75, 3.05) is 20.2 Å². The molecule has 200 valence electrons. The van der Waals surface area contributed by atoms with Crippen LogP contribution in [0.15, 0.2) is 42.3 Å². The average molecular weight is 495 g/mol. The molecule has 9 atom stereocenters. The minimum atomic E-state index is -0.332. The molecule has 1 spiro atoms. The van der Waals surface area contributed by atoms with Gasteiger partial charge in [-0.2, -0.15) is 0 Å². The monoisotopic (exact) mass is 494 g/mol. The van der Waals surface area contributed by atoms with Crippen LogP contribution in [0.2, 0.25) is 0 Å². The number of nitrogens with one attached hydrogen (secondary N) is 2. The lowest BCUT2D eigenvalue weighted by Crippen LogP contribution is -2.49. The predicted octanol–water partition coefficient (Wildman–Crippen LogP) is 5.74. The maximum atomic E-state index is 11.1. The van der Waals surface area contributed by atoms with Crippen LogP contribution in [0.25, 0.3) is 0 Å². The number of allylic oxidation sites excluding steroid dienone is 3. The van der Waals surface area contributed by atoms with Crippen molar-refractivity contribution in [2.24, 2.45) is 51.8 Å². The number of aliphatic hydroxyl groups excluding tert-OH is 2. The zero-order chi connectivity index (χ0) is 25.9. The molecule has 0 bridgehead atoms. The Morgan fingerprint density at radius 3 is 2.69 bits per heavy atom. The van der Waals surface area contributed by atoms with Crippen LogP contribution in [-0.4, -0.2) is 41.5 Å². The first-order chi connectivity index (χ1) is 17.1. The van der Waals surface area contributed by atoms with Crippen molar-refractivity contribution in [1.29, 1.82) is 0 Å². The number of hydrogen-bond donors (Lipinski definition) is 4. The second kappa shape index (κ2) is 9.43. The molecule has 0 unspecified atom stereocenters. The fourth-order valence-corrected chi connectivity index (χ4v) is 9.93. The summed E-state index contributed by atoms with van der Waals surface area (Å²) in [5, 5.41) is 24.3. The summed E-state index contributed by atoms with van der Waals surface area (Å²) >= 11 is 0. The summed E-state index contributed by atoms with van der Waals surface area (Å²) in [6.07, 6.45) is 14.1. The van der Waals surface area contributed by atoms with E-state index in [-0.39, 0.29) is 22.9 Å². The Labute approximate surface area is 219 Å². The lowest BCUT2D eigenvalue weighted by Gasteiger charge is -2.57. The van der Waals surface area contributed by atoms with Crippen LogP contribution in [0, 0.1) is 51.8 Å². The van der Waals surface area contributed by atoms with E-state index in [0.717, 1.165) is 19.3 Å². The maximum Gasteiger partial charge on any atom is 0.0695 e. The zero-order valence-corrected chi connectivity index (χ0v) is 23.3. The molecular weight excluding hydrogens is 444 g/mol. The van der Waals surface area contributed by atoms with Crippen molar-refractivity contribution in [1.82, 2.24) is 10.3 Å². The van der Waals surface area contributed by atoms with Gasteiger partial charge < -0.3 is 20.5 Å². The Bertz CT molecular complexity index is 980. The maximum absolute atomic E-state index is 11.1. The SMILES string of the molecule is C=C1C=C2[C@@]3(CC[C@H](C[C@H](Cc4cc[nH]c4)[C@@H](O)CNC)C3)C[C@@H](CCO)[C@H](C)[C@@]2(C)[C@H]2[C@@H]1C2(C)C. The Hall–Kier alpha value is -1.36. The van der Waals surface area contributed by atoms with Crippen LogP contribution in [0.3, 0.4) is 0 Å². The molecule has 1 heterocycles. The molecule has 1 aromatic rings. The third kappa shape index (κ3) is 4.07. The van der Waals surface area contributed by atoms with Crippen LogP contribution < -0.4 is 5.32 Å². The molecule has 4 aliphatic rings. The highest BCUT2D eigenvalue weighted by Gasteiger charge is 2.72. The number of aromatic amines is 1. The second-order valence-corrected chi connectivity index (χ2v) is 13.9. The zero-order valence-electron chi connectivity index (χ0n) is 23.3. The van der Waals surface area contributed by atoms with E-state index in [1.807, 2.05) is 13.2 Å². The third-order valence-electron chi connectivity index (χ3n) is 11.6. The number of rotatable bonds is 9. The first-order valence-electron chi connectivity index (χ1n) is 14.5. The topological polar surface area (TPSA) is 68.3 Å². The van der Waals surface area contributed by atoms with E-state index in [1.54, 1.807) is 5.57 Å². The van der Waals surface area contributed by atoms with Crippen LogP contribution >= 0.6 is 0 Å². The Kier molecular flexibility index (Phi) is 6.88. The van der Waals surface area contributed by atoms with E-state index in [0.29, 0.717) is 48.2 Å². The number of fused-ring (bicyclic) bond motifs is 4. The van der Waals surface area contributed by atoms with E-state index in [2.05, 4.69) is 62.9 Å². The molecule has 0 amide bonds. The standard InChI is InChI=1S/C32H50N2O2/c1-20-13-27-31(5,29-28(20)30(29,3)4)21(2)24(9-12-35)17-32(27)10-7-22(16-32)14-25(26(36)19-33-6)15-23-8-11-34-18-23/h8,11,13,18,21-22,24-26,28-29,33-36H,1,7,9-10,12,14-17,19H2,2-6H3/t21-,22+,24+,25+,26-,28+,29-,31+,32+/m0/s1. The highest BCUT2D eigenvalue weighted by atomic mass is 16.3. The van der Waals surface area contributed by atoms with Crippen LogP contribution in [0.5, 0.6) is 0 Å². The van der Waals surface area contributed by atoms with Gasteiger partial charge in [0, 0.05) is 25.5 Å². The fraction of sp³-hybridized carbons (Fsp3) is 0.750. The third-order valence-corrected chi connectivity index (χ3v) is 11.6. The molecule has 4 aliphatic carbocycles. The predicted molar refractivity (Wildman–Crippen MR) is 147 cm³/mol. The van der Waals surface area contributed by atoms with E-state index in [4.69, 9.17) is 0 Å². The molecule has 0 saturated heterocycles. The lowest BCUT2D eigenvalue weighted by atomic mass is 9.47. The van der Waals surface area contributed by atoms with Gasteiger partial charge >= 0.3 is 0 Å². The van der Waals surface area contributed by atoms with E-state index >= 15 is 0 Å². The molecule has 0 aliphatic heterocycles. The highest BCUT2D eigenvalue weighted by molar-refractivity contribution is 5.48. The molecule has 0 aromatic carbocycles. The first-order valence-corrected chi connectivity index (χ1v) is 14.5. The largest absolute Gasteiger partial charge is 0.396 e. The Morgan fingerprint density at radius 1 is 1.25 bits per heavy atom. The quantitative estimate of drug-likeness (QED) is 0.354. The molecule has 3 saturated carbocycles. The van der Waals surface area contributed by atoms with Gasteiger partial charge in [-0.15, -0.1) is 0 Å². The highest BCUT2D eigenvalue weighted by Crippen LogP contribution is 2.79. The van der Waals surface area contributed by atoms with Crippen molar-refractivity contribution in [3.05, 3.63) is 47.8 Å². The summed E-state index contributed by atoms with van der Waals surface area (Å²) in [5.74, 6) is 3.33. The molecule has 0 radical (unpaired) electrons. The van der Waals surface area contributed by atoms with Crippen LogP contribution in [0.1, 0.15) is 71.8 Å². The van der Waals surface area contributed by atoms with E-state index < -0.39 is 0 Å². The molecule has 36 heavy (non-hydrogen) atoms. The molecule has 4 N–H and O–H groups in total. The summed E-state index contributed by atoms with van der Waals surface area (Å²) in [5.41, 5.74) is 5.09. The number of H-pyrrole nitrogens is 1. The van der Waals surface area contributed by atoms with Gasteiger partial charge in [-0.1, -0.05) is 51.5 Å². The minimum absolute atomic E-state index is 0.193. The van der Waals surface area contributed by atoms with Crippen LogP contribution in [0.4, 0.5) is 0 Å². The first kappa shape index (κ1) is 26.3. The average Bonchev–Trinajstić information content (AvgIpc) is 3.19. The summed E-state index contributed by atoms with van der Waals surface area (Å²) in [6, 6.07) is 2.15. The van der Waals surface area contributed by atoms with Gasteiger partial charge in [0.2, 0.25) is 0 Å². The normalized spacial score (nSPS) is 40.5. The summed E-state index contributed by atoms with van der Waals surface area (Å²) < 4.78 is 0. The molecule has 5 rings (SSSR count). The molecule has 4 heteroatoms. The summed E-state index contributed by atoms with van der Waals surface area (Å²) in [6.45, 7) is 15.5. The van der Waals surface area contributed by atoms with Gasteiger partial charge in [-0.3, -0.25) is 0 Å². The van der Waals surface area contributed by atoms with Gasteiger partial charge in [0.15, 0.2) is 0 Å². The van der Waals surface area contributed by atoms with Crippen molar-refractivity contribution in [3.63, 3.8) is 0 Å². The van der Waals surface area contributed by atoms with Crippen molar-refractivity contribution in [3.8, 4) is 0 Å². The summed E-state index contributed by atoms with van der Waals surface area (Å²) in [4.78, 5) is 3.19. The number of likely N-dealkylation sites (N-methyl/N-ethyl adjacent to an activating group) is 1. The van der Waals surface area contributed by atoms with Crippen LogP contribution in [-0.2, 0) is 6.42 Å². The molecule has 4 nitrogen and oxygen atoms in total. The smallest absolute Gasteiger partial charge is 0.0695 e. The molecule has 3 fully saturated rings. The van der Waals surface area contributed by atoms with E-state index in [9.17, 15) is 10.2 Å². The minimum Gasteiger partial charge on any atom is -0.396 e.